The van der Waals surface area contributed by atoms with Gasteiger partial charge in [-0.25, -0.2) is 9.97 Å². The second-order valence-corrected chi connectivity index (χ2v) is 14.4. The molecular weight excluding hydrogens is 560 g/mol. The number of benzene rings is 4. The lowest BCUT2D eigenvalue weighted by Gasteiger charge is -2.18. The number of rotatable bonds is 3. The fourth-order valence-corrected chi connectivity index (χ4v) is 6.66. The Morgan fingerprint density at radius 3 is 1.43 bits per heavy atom. The van der Waals surface area contributed by atoms with Crippen LogP contribution in [0.5, 0.6) is 0 Å². The third-order valence-corrected chi connectivity index (χ3v) is 9.14. The van der Waals surface area contributed by atoms with Gasteiger partial charge in [0.25, 0.3) is 0 Å². The van der Waals surface area contributed by atoms with Crippen LogP contribution >= 0.6 is 0 Å². The van der Waals surface area contributed by atoms with Crippen LogP contribution in [0.2, 0.25) is 0 Å². The first-order valence-corrected chi connectivity index (χ1v) is 16.1. The highest BCUT2D eigenvalue weighted by molar-refractivity contribution is 6.09. The summed E-state index contributed by atoms with van der Waals surface area (Å²) >= 11 is 0. The summed E-state index contributed by atoms with van der Waals surface area (Å²) in [6.45, 7) is 13.3. The van der Waals surface area contributed by atoms with Crippen LogP contribution in [0.3, 0.4) is 0 Å². The monoisotopic (exact) mass is 598 g/mol. The Morgan fingerprint density at radius 2 is 0.913 bits per heavy atom. The van der Waals surface area contributed by atoms with Gasteiger partial charge in [0.2, 0.25) is 0 Å². The van der Waals surface area contributed by atoms with E-state index in [2.05, 4.69) is 172 Å². The van der Waals surface area contributed by atoms with E-state index >= 15 is 0 Å². The zero-order valence-electron chi connectivity index (χ0n) is 27.3. The molecular formula is C42H38N4. The van der Waals surface area contributed by atoms with Crippen LogP contribution in [0.4, 0.5) is 0 Å². The van der Waals surface area contributed by atoms with Crippen LogP contribution in [0.25, 0.3) is 66.4 Å². The molecule has 0 radical (unpaired) electrons. The van der Waals surface area contributed by atoms with Crippen molar-refractivity contribution in [2.24, 2.45) is 0 Å². The van der Waals surface area contributed by atoms with Crippen molar-refractivity contribution in [3.63, 3.8) is 0 Å². The molecule has 46 heavy (non-hydrogen) atoms. The Kier molecular flexibility index (Phi) is 6.24. The minimum absolute atomic E-state index is 0.0372. The maximum absolute atomic E-state index is 5.23. The van der Waals surface area contributed by atoms with Gasteiger partial charge in [0, 0.05) is 55.1 Å². The molecule has 0 saturated carbocycles. The van der Waals surface area contributed by atoms with Gasteiger partial charge in [0.15, 0.2) is 0 Å². The van der Waals surface area contributed by atoms with E-state index in [-0.39, 0.29) is 10.8 Å². The number of hydrogen-bond donors (Lipinski definition) is 0. The molecule has 8 aromatic rings. The lowest BCUT2D eigenvalue weighted by molar-refractivity contribution is 0.570. The van der Waals surface area contributed by atoms with Crippen LogP contribution in [-0.4, -0.2) is 19.1 Å². The summed E-state index contributed by atoms with van der Waals surface area (Å²) in [6, 6.07) is 43.7. The Bertz CT molecular complexity index is 2430. The van der Waals surface area contributed by atoms with E-state index in [1.807, 2.05) is 0 Å². The molecule has 0 saturated heterocycles. The lowest BCUT2D eigenvalue weighted by Crippen LogP contribution is -2.13. The number of hydrogen-bond acceptors (Lipinski definition) is 2. The fraction of sp³-hybridized carbons (Fsp3) is 0.190. The van der Waals surface area contributed by atoms with E-state index < -0.39 is 0 Å². The van der Waals surface area contributed by atoms with E-state index in [9.17, 15) is 0 Å². The summed E-state index contributed by atoms with van der Waals surface area (Å²) in [5, 5.41) is 4.79. The zero-order valence-corrected chi connectivity index (χ0v) is 27.3. The molecule has 4 aromatic carbocycles. The van der Waals surface area contributed by atoms with Crippen LogP contribution in [0.15, 0.2) is 121 Å². The molecule has 4 heterocycles. The Morgan fingerprint density at radius 1 is 0.413 bits per heavy atom. The number of aromatic nitrogens is 4. The minimum Gasteiger partial charge on any atom is -0.294 e. The maximum Gasteiger partial charge on any atom is 0.145 e. The van der Waals surface area contributed by atoms with Gasteiger partial charge in [-0.3, -0.25) is 9.13 Å². The van der Waals surface area contributed by atoms with Crippen molar-refractivity contribution in [1.82, 2.24) is 19.1 Å². The van der Waals surface area contributed by atoms with Crippen molar-refractivity contribution >= 4 is 43.9 Å². The average molecular weight is 599 g/mol. The van der Waals surface area contributed by atoms with Gasteiger partial charge in [0.05, 0.1) is 11.0 Å². The van der Waals surface area contributed by atoms with Crippen molar-refractivity contribution in [2.75, 3.05) is 0 Å². The second kappa shape index (κ2) is 10.1. The first kappa shape index (κ1) is 28.3. The predicted octanol–water partition coefficient (Wildman–Crippen LogP) is 10.9. The molecule has 0 unspecified atom stereocenters. The van der Waals surface area contributed by atoms with Crippen LogP contribution in [0.1, 0.15) is 52.9 Å². The van der Waals surface area contributed by atoms with Gasteiger partial charge in [-0.15, -0.1) is 0 Å². The molecule has 0 aliphatic rings. The van der Waals surface area contributed by atoms with E-state index in [1.165, 1.54) is 32.6 Å². The molecule has 0 atom stereocenters. The smallest absolute Gasteiger partial charge is 0.145 e. The van der Waals surface area contributed by atoms with E-state index in [1.54, 1.807) is 0 Å². The maximum atomic E-state index is 5.23. The molecule has 4 aromatic heterocycles. The Labute approximate surface area is 270 Å². The van der Waals surface area contributed by atoms with Crippen LogP contribution in [-0.2, 0) is 10.8 Å². The molecule has 0 bridgehead atoms. The normalized spacial score (nSPS) is 12.6. The molecule has 4 nitrogen and oxygen atoms in total. The van der Waals surface area contributed by atoms with Crippen molar-refractivity contribution in [3.05, 3.63) is 133 Å². The van der Waals surface area contributed by atoms with Gasteiger partial charge in [-0.1, -0.05) is 102 Å². The summed E-state index contributed by atoms with van der Waals surface area (Å²) in [5.74, 6) is 0. The highest BCUT2D eigenvalue weighted by atomic mass is 15.1. The first-order valence-electron chi connectivity index (χ1n) is 16.1. The molecule has 226 valence electrons. The molecule has 4 heteroatoms. The van der Waals surface area contributed by atoms with Gasteiger partial charge < -0.3 is 0 Å². The van der Waals surface area contributed by atoms with Crippen LogP contribution < -0.4 is 0 Å². The average Bonchev–Trinajstić information content (AvgIpc) is 3.56. The summed E-state index contributed by atoms with van der Waals surface area (Å²) in [6.07, 6.45) is 0. The molecule has 0 N–H and O–H groups in total. The van der Waals surface area contributed by atoms with E-state index in [0.717, 1.165) is 45.1 Å². The lowest BCUT2D eigenvalue weighted by atomic mass is 9.91. The molecule has 0 fully saturated rings. The van der Waals surface area contributed by atoms with E-state index in [0.29, 0.717) is 0 Å². The van der Waals surface area contributed by atoms with Gasteiger partial charge in [0.1, 0.15) is 11.3 Å². The molecule has 0 aliphatic carbocycles. The summed E-state index contributed by atoms with van der Waals surface area (Å²) in [7, 11) is 0. The first-order chi connectivity index (χ1) is 22.1. The minimum atomic E-state index is -0.0424. The SMILES string of the molecule is CC(C)(C)c1ccc2c3ccccc3n(-c3ccc(-c4cccc(-n5c6ccccc6c6ccc(C(C)(C)C)nc65)c4)cc3)c2n1. The zero-order chi connectivity index (χ0) is 31.8. The molecule has 0 spiro atoms. The van der Waals surface area contributed by atoms with Crippen molar-refractivity contribution in [2.45, 2.75) is 52.4 Å². The van der Waals surface area contributed by atoms with Gasteiger partial charge >= 0.3 is 0 Å². The quantitative estimate of drug-likeness (QED) is 0.203. The summed E-state index contributed by atoms with van der Waals surface area (Å²) in [4.78, 5) is 10.4. The third-order valence-electron chi connectivity index (χ3n) is 9.14. The van der Waals surface area contributed by atoms with Gasteiger partial charge in [-0.05, 0) is 71.8 Å². The fourth-order valence-electron chi connectivity index (χ4n) is 6.66. The number of fused-ring (bicyclic) bond motifs is 6. The van der Waals surface area contributed by atoms with E-state index in [4.69, 9.17) is 9.97 Å². The standard InChI is InChI=1S/C42H38N4/c1-41(2,3)37-24-22-33-31-14-7-9-16-35(31)45(39(33)43-37)29-20-18-27(19-21-29)28-12-11-13-30(26-28)46-36-17-10-8-15-32(36)34-23-25-38(42(4,5)6)44-40(34)46/h7-26H,1-6H3. The van der Waals surface area contributed by atoms with Crippen molar-refractivity contribution < 1.29 is 0 Å². The predicted molar refractivity (Wildman–Crippen MR) is 194 cm³/mol. The largest absolute Gasteiger partial charge is 0.294 e. The Hall–Kier alpha value is -5.22. The summed E-state index contributed by atoms with van der Waals surface area (Å²) in [5.41, 5.74) is 11.0. The van der Waals surface area contributed by atoms with Crippen molar-refractivity contribution in [1.29, 1.82) is 0 Å². The van der Waals surface area contributed by atoms with Crippen LogP contribution in [0, 0.1) is 0 Å². The topological polar surface area (TPSA) is 35.6 Å². The van der Waals surface area contributed by atoms with Crippen molar-refractivity contribution in [3.8, 4) is 22.5 Å². The molecule has 0 aliphatic heterocycles. The molecule has 8 rings (SSSR count). The summed E-state index contributed by atoms with van der Waals surface area (Å²) < 4.78 is 4.62. The highest BCUT2D eigenvalue weighted by Gasteiger charge is 2.21. The highest BCUT2D eigenvalue weighted by Crippen LogP contribution is 2.36. The number of para-hydroxylation sites is 2. The Balaban J connectivity index is 1.25. The molecule has 0 amide bonds. The number of pyridine rings is 2. The van der Waals surface area contributed by atoms with Gasteiger partial charge in [-0.2, -0.15) is 0 Å². The number of nitrogens with zero attached hydrogens (tertiary/aromatic N) is 4. The second-order valence-electron chi connectivity index (χ2n) is 14.4. The third kappa shape index (κ3) is 4.51.